The zero-order chi connectivity index (χ0) is 22.1. The summed E-state index contributed by atoms with van der Waals surface area (Å²) >= 11 is 6.74. The van der Waals surface area contributed by atoms with Crippen LogP contribution in [0.3, 0.4) is 0 Å². The molecule has 156 valence electrons. The molecule has 4 aromatic rings. The Labute approximate surface area is 190 Å². The summed E-state index contributed by atoms with van der Waals surface area (Å²) in [6.45, 7) is 0. The maximum atomic E-state index is 9.93. The third-order valence-corrected chi connectivity index (χ3v) is 5.98. The lowest BCUT2D eigenvalue weighted by Crippen LogP contribution is -2.26. The largest absolute Gasteiger partial charge is 0.508 e. The fourth-order valence-corrected chi connectivity index (χ4v) is 4.44. The Morgan fingerprint density at radius 3 is 1.88 bits per heavy atom. The van der Waals surface area contributed by atoms with Crippen molar-refractivity contribution in [3.05, 3.63) is 130 Å². The van der Waals surface area contributed by atoms with Gasteiger partial charge < -0.3 is 10.2 Å². The Morgan fingerprint density at radius 1 is 0.625 bits per heavy atom. The molecule has 0 aliphatic carbocycles. The monoisotopic (exact) mass is 438 g/mol. The van der Waals surface area contributed by atoms with Gasteiger partial charge in [-0.25, -0.2) is 0 Å². The van der Waals surface area contributed by atoms with Crippen LogP contribution in [0.4, 0.5) is 0 Å². The van der Waals surface area contributed by atoms with Crippen LogP contribution in [0, 0.1) is 0 Å². The number of benzene rings is 4. The smallest absolute Gasteiger partial charge is 0.161 e. The third kappa shape index (κ3) is 3.26. The van der Waals surface area contributed by atoms with Gasteiger partial charge in [0.25, 0.3) is 0 Å². The number of phenols is 2. The SMILES string of the molecule is Oc1ccc(C2=C(c3ccccc3)C(c3ccc(O)cc3)(c3ccccc3Cl)N=N2)cc1. The summed E-state index contributed by atoms with van der Waals surface area (Å²) in [4.78, 5) is 0. The summed E-state index contributed by atoms with van der Waals surface area (Å²) in [5, 5.41) is 29.8. The summed E-state index contributed by atoms with van der Waals surface area (Å²) < 4.78 is 0. The number of hydrogen-bond donors (Lipinski definition) is 2. The van der Waals surface area contributed by atoms with Crippen molar-refractivity contribution in [2.24, 2.45) is 10.2 Å². The van der Waals surface area contributed by atoms with Crippen LogP contribution in [-0.2, 0) is 5.54 Å². The minimum atomic E-state index is -1.01. The fraction of sp³-hybridized carbons (Fsp3) is 0.0370. The number of nitrogens with zero attached hydrogens (tertiary/aromatic N) is 2. The van der Waals surface area contributed by atoms with Gasteiger partial charge in [-0.3, -0.25) is 0 Å². The average Bonchev–Trinajstić information content (AvgIpc) is 3.22. The van der Waals surface area contributed by atoms with Gasteiger partial charge in [0.15, 0.2) is 5.54 Å². The van der Waals surface area contributed by atoms with Gasteiger partial charge in [-0.2, -0.15) is 10.2 Å². The molecule has 0 saturated heterocycles. The summed E-state index contributed by atoms with van der Waals surface area (Å²) in [5.74, 6) is 0.350. The van der Waals surface area contributed by atoms with Gasteiger partial charge in [-0.15, -0.1) is 0 Å². The van der Waals surface area contributed by atoms with Gasteiger partial charge in [-0.05, 0) is 53.6 Å². The highest BCUT2D eigenvalue weighted by atomic mass is 35.5. The Morgan fingerprint density at radius 2 is 1.22 bits per heavy atom. The molecule has 1 atom stereocenters. The van der Waals surface area contributed by atoms with Crippen LogP contribution in [0.25, 0.3) is 11.3 Å². The van der Waals surface area contributed by atoms with E-state index in [1.54, 1.807) is 24.3 Å². The quantitative estimate of drug-likeness (QED) is 0.359. The number of phenolic OH excluding ortho intramolecular Hbond substituents is 2. The minimum absolute atomic E-state index is 0.169. The Hall–Kier alpha value is -3.89. The van der Waals surface area contributed by atoms with Gasteiger partial charge in [-0.1, -0.05) is 72.3 Å². The van der Waals surface area contributed by atoms with Crippen molar-refractivity contribution in [2.75, 3.05) is 0 Å². The molecule has 2 N–H and O–H groups in total. The van der Waals surface area contributed by atoms with Crippen molar-refractivity contribution in [1.82, 2.24) is 0 Å². The topological polar surface area (TPSA) is 65.2 Å². The first kappa shape index (κ1) is 20.0. The zero-order valence-electron chi connectivity index (χ0n) is 17.0. The molecule has 0 bridgehead atoms. The van der Waals surface area contributed by atoms with Crippen LogP contribution >= 0.6 is 11.6 Å². The van der Waals surface area contributed by atoms with Crippen LogP contribution in [-0.4, -0.2) is 10.2 Å². The van der Waals surface area contributed by atoms with E-state index in [9.17, 15) is 10.2 Å². The van der Waals surface area contributed by atoms with E-state index >= 15 is 0 Å². The van der Waals surface area contributed by atoms with Gasteiger partial charge in [0.1, 0.15) is 11.5 Å². The van der Waals surface area contributed by atoms with E-state index < -0.39 is 5.54 Å². The molecule has 1 aliphatic rings. The summed E-state index contributed by atoms with van der Waals surface area (Å²) in [6, 6.07) is 31.5. The van der Waals surface area contributed by atoms with Crippen LogP contribution in [0.15, 0.2) is 113 Å². The molecule has 5 heteroatoms. The first-order chi connectivity index (χ1) is 15.6. The van der Waals surface area contributed by atoms with E-state index in [4.69, 9.17) is 16.7 Å². The second-order valence-electron chi connectivity index (χ2n) is 7.57. The van der Waals surface area contributed by atoms with Crippen molar-refractivity contribution >= 4 is 22.9 Å². The fourth-order valence-electron chi connectivity index (χ4n) is 4.17. The van der Waals surface area contributed by atoms with Gasteiger partial charge in [0, 0.05) is 21.7 Å². The Balaban J connectivity index is 1.89. The highest BCUT2D eigenvalue weighted by Gasteiger charge is 2.46. The molecular weight excluding hydrogens is 420 g/mol. The molecule has 32 heavy (non-hydrogen) atoms. The molecule has 0 saturated carbocycles. The molecule has 4 aromatic carbocycles. The maximum absolute atomic E-state index is 9.93. The number of hydrogen-bond acceptors (Lipinski definition) is 4. The third-order valence-electron chi connectivity index (χ3n) is 5.65. The predicted molar refractivity (Wildman–Crippen MR) is 127 cm³/mol. The van der Waals surface area contributed by atoms with Crippen LogP contribution in [0.5, 0.6) is 11.5 Å². The Bertz CT molecular complexity index is 1330. The number of halogens is 1. The highest BCUT2D eigenvalue weighted by molar-refractivity contribution is 6.31. The first-order valence-corrected chi connectivity index (χ1v) is 10.5. The normalized spacial score (nSPS) is 17.7. The van der Waals surface area contributed by atoms with Crippen LogP contribution in [0.1, 0.15) is 22.3 Å². The highest BCUT2D eigenvalue weighted by Crippen LogP contribution is 2.54. The lowest BCUT2D eigenvalue weighted by atomic mass is 9.74. The van der Waals surface area contributed by atoms with E-state index in [-0.39, 0.29) is 11.5 Å². The predicted octanol–water partition coefficient (Wildman–Crippen LogP) is 7.03. The van der Waals surface area contributed by atoms with Crippen molar-refractivity contribution in [3.63, 3.8) is 0 Å². The molecule has 0 fully saturated rings. The number of rotatable bonds is 4. The number of azo groups is 1. The molecule has 0 amide bonds. The first-order valence-electron chi connectivity index (χ1n) is 10.2. The van der Waals surface area contributed by atoms with Gasteiger partial charge >= 0.3 is 0 Å². The molecule has 0 radical (unpaired) electrons. The van der Waals surface area contributed by atoms with E-state index in [0.717, 1.165) is 27.8 Å². The van der Waals surface area contributed by atoms with Gasteiger partial charge in [0.2, 0.25) is 0 Å². The van der Waals surface area contributed by atoms with E-state index in [1.807, 2.05) is 78.9 Å². The number of aromatic hydroxyl groups is 2. The summed E-state index contributed by atoms with van der Waals surface area (Å²) in [5.41, 5.74) is 3.97. The van der Waals surface area contributed by atoms with Crippen molar-refractivity contribution in [3.8, 4) is 11.5 Å². The van der Waals surface area contributed by atoms with E-state index in [1.165, 1.54) is 0 Å². The molecule has 5 rings (SSSR count). The summed E-state index contributed by atoms with van der Waals surface area (Å²) in [6.07, 6.45) is 0. The van der Waals surface area contributed by atoms with Crippen molar-refractivity contribution < 1.29 is 10.2 Å². The van der Waals surface area contributed by atoms with E-state index in [2.05, 4.69) is 5.11 Å². The maximum Gasteiger partial charge on any atom is 0.161 e. The average molecular weight is 439 g/mol. The molecule has 1 aliphatic heterocycles. The molecular formula is C27H19ClN2O2. The van der Waals surface area contributed by atoms with E-state index in [0.29, 0.717) is 10.7 Å². The molecule has 1 unspecified atom stereocenters. The van der Waals surface area contributed by atoms with Crippen LogP contribution < -0.4 is 0 Å². The standard InChI is InChI=1S/C27H19ClN2O2/c28-24-9-5-4-8-23(24)27(20-12-16-22(32)17-13-20)25(18-6-2-1-3-7-18)26(29-30-27)19-10-14-21(31)15-11-19/h1-17,31-32H. The molecule has 0 spiro atoms. The molecule has 4 nitrogen and oxygen atoms in total. The summed E-state index contributed by atoms with van der Waals surface area (Å²) in [7, 11) is 0. The van der Waals surface area contributed by atoms with Crippen molar-refractivity contribution in [2.45, 2.75) is 5.54 Å². The second kappa shape index (κ2) is 7.98. The molecule has 0 aromatic heterocycles. The second-order valence-corrected chi connectivity index (χ2v) is 7.98. The van der Waals surface area contributed by atoms with Crippen LogP contribution in [0.2, 0.25) is 5.02 Å². The zero-order valence-corrected chi connectivity index (χ0v) is 17.7. The lowest BCUT2D eigenvalue weighted by molar-refractivity contribution is 0.474. The van der Waals surface area contributed by atoms with Crippen molar-refractivity contribution in [1.29, 1.82) is 0 Å². The van der Waals surface area contributed by atoms with Gasteiger partial charge in [0.05, 0.1) is 5.70 Å². The Kier molecular flexibility index (Phi) is 5.00. The molecule has 1 heterocycles. The minimum Gasteiger partial charge on any atom is -0.508 e. The lowest BCUT2D eigenvalue weighted by Gasteiger charge is -2.31.